The Kier molecular flexibility index (Phi) is 8.06. The van der Waals surface area contributed by atoms with Crippen LogP contribution in [-0.4, -0.2) is 44.1 Å². The van der Waals surface area contributed by atoms with Gasteiger partial charge in [-0.15, -0.1) is 5.10 Å². The van der Waals surface area contributed by atoms with Crippen molar-refractivity contribution >= 4 is 51.0 Å². The number of hydrogen-bond donors (Lipinski definition) is 1. The quantitative estimate of drug-likeness (QED) is 0.285. The molecule has 1 amide bonds. The summed E-state index contributed by atoms with van der Waals surface area (Å²) in [5, 5.41) is 10.7. The summed E-state index contributed by atoms with van der Waals surface area (Å²) in [6.45, 7) is 4.69. The number of amides is 1. The molecule has 0 aromatic heterocycles. The molecule has 0 radical (unpaired) electrons. The average molecular weight is 470 g/mol. The third-order valence-corrected chi connectivity index (χ3v) is 4.76. The zero-order valence-electron chi connectivity index (χ0n) is 15.8. The molecule has 0 bridgehead atoms. The molecule has 8 nitrogen and oxygen atoms in total. The van der Waals surface area contributed by atoms with Gasteiger partial charge in [-0.05, 0) is 51.3 Å². The van der Waals surface area contributed by atoms with E-state index in [2.05, 4.69) is 50.0 Å². The Hall–Kier alpha value is -2.33. The first-order valence-electron chi connectivity index (χ1n) is 8.24. The van der Waals surface area contributed by atoms with E-state index in [-0.39, 0.29) is 10.1 Å². The van der Waals surface area contributed by atoms with Gasteiger partial charge in [0.15, 0.2) is 16.7 Å². The largest absolute Gasteiger partial charge is 0.493 e. The second-order valence-electron chi connectivity index (χ2n) is 5.98. The van der Waals surface area contributed by atoms with Crippen LogP contribution >= 0.6 is 27.7 Å². The number of thioether (sulfide) groups is 1. The number of hydrogen-bond acceptors (Lipinski definition) is 8. The van der Waals surface area contributed by atoms with Crippen LogP contribution in [0.25, 0.3) is 0 Å². The number of nitrogens with one attached hydrogen (secondary N) is 1. The van der Waals surface area contributed by atoms with Crippen LogP contribution in [0.3, 0.4) is 0 Å². The van der Waals surface area contributed by atoms with E-state index in [1.807, 2.05) is 6.07 Å². The zero-order valence-corrected chi connectivity index (χ0v) is 18.2. The summed E-state index contributed by atoms with van der Waals surface area (Å²) in [6.07, 6.45) is 2.62. The van der Waals surface area contributed by atoms with Crippen molar-refractivity contribution in [3.63, 3.8) is 0 Å². The second kappa shape index (κ2) is 10.3. The normalized spacial score (nSPS) is 16.9. The van der Waals surface area contributed by atoms with Crippen molar-refractivity contribution < 1.29 is 23.8 Å². The third kappa shape index (κ3) is 6.10. The Morgan fingerprint density at radius 2 is 2.11 bits per heavy atom. The molecular formula is C18H20BrN3O5S. The van der Waals surface area contributed by atoms with E-state index >= 15 is 0 Å². The summed E-state index contributed by atoms with van der Waals surface area (Å²) in [6, 6.07) is 3.60. The number of amidine groups is 1. The maximum atomic E-state index is 11.8. The number of nitrogens with zero attached hydrogens (tertiary/aromatic N) is 2. The first-order chi connectivity index (χ1) is 13.3. The zero-order chi connectivity index (χ0) is 20.7. The lowest BCUT2D eigenvalue weighted by Gasteiger charge is -2.14. The van der Waals surface area contributed by atoms with E-state index in [0.717, 1.165) is 27.9 Å². The summed E-state index contributed by atoms with van der Waals surface area (Å²) in [7, 11) is 2.80. The highest BCUT2D eigenvalue weighted by Gasteiger charge is 2.25. The molecular weight excluding hydrogens is 450 g/mol. The van der Waals surface area contributed by atoms with Gasteiger partial charge in [0, 0.05) is 6.08 Å². The topological polar surface area (TPSA) is 98.6 Å². The van der Waals surface area contributed by atoms with Crippen LogP contribution in [0.15, 0.2) is 37.8 Å². The Bertz CT molecular complexity index is 852. The fraction of sp³-hybridized carbons (Fsp3) is 0.333. The minimum absolute atomic E-state index is 0.192. The van der Waals surface area contributed by atoms with Crippen LogP contribution in [0.2, 0.25) is 0 Å². The van der Waals surface area contributed by atoms with Crippen molar-refractivity contribution in [2.75, 3.05) is 20.8 Å². The van der Waals surface area contributed by atoms with Gasteiger partial charge in [-0.25, -0.2) is 4.79 Å². The van der Waals surface area contributed by atoms with Gasteiger partial charge in [0.1, 0.15) is 0 Å². The van der Waals surface area contributed by atoms with Crippen LogP contribution in [-0.2, 0) is 14.3 Å². The molecule has 1 aromatic rings. The van der Waals surface area contributed by atoms with E-state index in [0.29, 0.717) is 24.0 Å². The highest BCUT2D eigenvalue weighted by Crippen LogP contribution is 2.36. The molecule has 1 aromatic carbocycles. The predicted molar refractivity (Wildman–Crippen MR) is 112 cm³/mol. The first-order valence-corrected chi connectivity index (χ1v) is 9.85. The number of methoxy groups -OCH3 is 2. The molecule has 1 aliphatic heterocycles. The van der Waals surface area contributed by atoms with Crippen LogP contribution < -0.4 is 14.8 Å². The van der Waals surface area contributed by atoms with Gasteiger partial charge in [0.25, 0.3) is 5.91 Å². The second-order valence-corrected chi connectivity index (χ2v) is 7.86. The van der Waals surface area contributed by atoms with E-state index in [9.17, 15) is 9.59 Å². The Morgan fingerprint density at radius 3 is 2.75 bits per heavy atom. The number of esters is 1. The maximum absolute atomic E-state index is 11.8. The van der Waals surface area contributed by atoms with Crippen LogP contribution in [0, 0.1) is 5.92 Å². The third-order valence-electron chi connectivity index (χ3n) is 3.27. The van der Waals surface area contributed by atoms with Crippen molar-refractivity contribution in [2.45, 2.75) is 13.8 Å². The number of halogens is 1. The molecule has 0 unspecified atom stereocenters. The summed E-state index contributed by atoms with van der Waals surface area (Å²) < 4.78 is 16.4. The lowest BCUT2D eigenvalue weighted by molar-refractivity contribution is -0.135. The fourth-order valence-electron chi connectivity index (χ4n) is 1.99. The highest BCUT2D eigenvalue weighted by atomic mass is 79.9. The smallest absolute Gasteiger partial charge is 0.331 e. The highest BCUT2D eigenvalue weighted by molar-refractivity contribution is 9.10. The minimum atomic E-state index is -0.612. The number of carbonyl (C=O) groups excluding carboxylic acids is 2. The van der Waals surface area contributed by atoms with Crippen molar-refractivity contribution in [1.29, 1.82) is 0 Å². The van der Waals surface area contributed by atoms with Gasteiger partial charge in [0.2, 0.25) is 0 Å². The molecule has 0 saturated carbocycles. The average Bonchev–Trinajstić information content (AvgIpc) is 2.99. The Labute approximate surface area is 175 Å². The maximum Gasteiger partial charge on any atom is 0.331 e. The predicted octanol–water partition coefficient (Wildman–Crippen LogP) is 3.10. The standard InChI is InChI=1S/C18H20BrN3O5S/c1-10(2)9-27-16-12(19)5-11(6-13(16)25-3)8-20-22-18-21-17(24)14(28-18)7-15(23)26-4/h5-8,10H,9H2,1-4H3,(H,21,22,24)/b14-7+,20-8?. The lowest BCUT2D eigenvalue weighted by Crippen LogP contribution is -2.19. The van der Waals surface area contributed by atoms with Gasteiger partial charge >= 0.3 is 5.97 Å². The molecule has 28 heavy (non-hydrogen) atoms. The summed E-state index contributed by atoms with van der Waals surface area (Å²) in [5.41, 5.74) is 0.727. The monoisotopic (exact) mass is 469 g/mol. The molecule has 1 heterocycles. The van der Waals surface area contributed by atoms with Crippen molar-refractivity contribution in [2.24, 2.45) is 16.1 Å². The van der Waals surface area contributed by atoms with Crippen LogP contribution in [0.1, 0.15) is 19.4 Å². The molecule has 0 aliphatic carbocycles. The molecule has 0 atom stereocenters. The molecule has 150 valence electrons. The lowest BCUT2D eigenvalue weighted by atomic mass is 10.2. The molecule has 1 fully saturated rings. The molecule has 1 N–H and O–H groups in total. The van der Waals surface area contributed by atoms with Gasteiger partial charge in [-0.3, -0.25) is 10.1 Å². The van der Waals surface area contributed by atoms with E-state index in [1.54, 1.807) is 13.2 Å². The van der Waals surface area contributed by atoms with Crippen molar-refractivity contribution in [3.05, 3.63) is 33.2 Å². The Morgan fingerprint density at radius 1 is 1.36 bits per heavy atom. The summed E-state index contributed by atoms with van der Waals surface area (Å²) in [4.78, 5) is 23.2. The number of ether oxygens (including phenoxy) is 3. The van der Waals surface area contributed by atoms with E-state index < -0.39 is 11.9 Å². The first kappa shape index (κ1) is 22.0. The van der Waals surface area contributed by atoms with Crippen LogP contribution in [0.5, 0.6) is 11.5 Å². The number of carbonyl (C=O) groups is 2. The van der Waals surface area contributed by atoms with Gasteiger partial charge < -0.3 is 14.2 Å². The van der Waals surface area contributed by atoms with Crippen molar-refractivity contribution in [1.82, 2.24) is 5.32 Å². The van der Waals surface area contributed by atoms with Gasteiger partial charge in [0.05, 0.1) is 36.4 Å². The number of benzene rings is 1. The Balaban J connectivity index is 2.13. The number of rotatable bonds is 7. The van der Waals surface area contributed by atoms with Crippen molar-refractivity contribution in [3.8, 4) is 11.5 Å². The SMILES string of the molecule is COC(=O)/C=C1/S/C(=N\N=Cc2cc(Br)c(OCC(C)C)c(OC)c2)NC1=O. The van der Waals surface area contributed by atoms with Crippen LogP contribution in [0.4, 0.5) is 0 Å². The molecule has 1 saturated heterocycles. The minimum Gasteiger partial charge on any atom is -0.493 e. The van der Waals surface area contributed by atoms with E-state index in [4.69, 9.17) is 9.47 Å². The summed E-state index contributed by atoms with van der Waals surface area (Å²) >= 11 is 4.48. The molecule has 10 heteroatoms. The fourth-order valence-corrected chi connectivity index (χ4v) is 3.31. The molecule has 1 aliphatic rings. The summed E-state index contributed by atoms with van der Waals surface area (Å²) in [5.74, 6) is 0.525. The van der Waals surface area contributed by atoms with Gasteiger partial charge in [-0.1, -0.05) is 13.8 Å². The molecule has 2 rings (SSSR count). The molecule has 0 spiro atoms. The van der Waals surface area contributed by atoms with Gasteiger partial charge in [-0.2, -0.15) is 5.10 Å². The van der Waals surface area contributed by atoms with E-state index in [1.165, 1.54) is 13.3 Å².